The molecule has 50 heavy (non-hydrogen) atoms. The summed E-state index contributed by atoms with van der Waals surface area (Å²) >= 11 is 0. The van der Waals surface area contributed by atoms with Crippen molar-refractivity contribution < 1.29 is 28.8 Å². The zero-order valence-corrected chi connectivity index (χ0v) is 32.9. The summed E-state index contributed by atoms with van der Waals surface area (Å²) in [6.07, 6.45) is 4.62. The van der Waals surface area contributed by atoms with Gasteiger partial charge in [0.1, 0.15) is 30.5 Å². The summed E-state index contributed by atoms with van der Waals surface area (Å²) in [5, 5.41) is 9.89. The minimum Gasteiger partial charge on any atom is -0.508 e. The highest BCUT2D eigenvalue weighted by atomic mass is 16.5. The van der Waals surface area contributed by atoms with Crippen LogP contribution in [0.4, 0.5) is 0 Å². The maximum Gasteiger partial charge on any atom is 0.130 e. The molecule has 1 N–H and O–H groups in total. The summed E-state index contributed by atoms with van der Waals surface area (Å²) in [7, 11) is 5.06. The van der Waals surface area contributed by atoms with Crippen molar-refractivity contribution >= 4 is 0 Å². The predicted molar refractivity (Wildman–Crippen MR) is 205 cm³/mol. The Kier molecular flexibility index (Phi) is 16.1. The Morgan fingerprint density at radius 3 is 1.68 bits per heavy atom. The van der Waals surface area contributed by atoms with Crippen molar-refractivity contribution in [1.29, 1.82) is 0 Å². The van der Waals surface area contributed by atoms with Crippen molar-refractivity contribution in [3.8, 4) is 17.2 Å². The molecule has 278 valence electrons. The molecule has 0 heterocycles. The average Bonchev–Trinajstić information content (AvgIpc) is 3.05. The van der Waals surface area contributed by atoms with Crippen LogP contribution in [0.25, 0.3) is 0 Å². The first-order chi connectivity index (χ1) is 23.7. The van der Waals surface area contributed by atoms with E-state index in [1.807, 2.05) is 12.1 Å². The van der Waals surface area contributed by atoms with Gasteiger partial charge in [-0.3, -0.25) is 0 Å². The van der Waals surface area contributed by atoms with Crippen LogP contribution in [0.1, 0.15) is 121 Å². The summed E-state index contributed by atoms with van der Waals surface area (Å²) in [6.45, 7) is 21.2. The van der Waals surface area contributed by atoms with Crippen LogP contribution >= 0.6 is 0 Å². The summed E-state index contributed by atoms with van der Waals surface area (Å²) in [5.41, 5.74) is 5.97. The maximum atomic E-state index is 9.89. The minimum atomic E-state index is 0.130. The van der Waals surface area contributed by atoms with Crippen LogP contribution < -0.4 is 9.47 Å². The van der Waals surface area contributed by atoms with E-state index in [1.165, 1.54) is 17.5 Å². The minimum absolute atomic E-state index is 0.130. The molecule has 0 bridgehead atoms. The van der Waals surface area contributed by atoms with Gasteiger partial charge in [-0.15, -0.1) is 0 Å². The van der Waals surface area contributed by atoms with E-state index in [4.69, 9.17) is 23.7 Å². The number of phenolic OH excluding ortho intramolecular Hbond substituents is 1. The van der Waals surface area contributed by atoms with Crippen molar-refractivity contribution in [3.63, 3.8) is 0 Å². The number of benzene rings is 3. The molecule has 6 nitrogen and oxygen atoms in total. The molecular weight excluding hydrogens is 624 g/mol. The van der Waals surface area contributed by atoms with Crippen molar-refractivity contribution in [2.45, 2.75) is 113 Å². The molecule has 0 saturated carbocycles. The van der Waals surface area contributed by atoms with Crippen molar-refractivity contribution in [3.05, 3.63) is 88.5 Å². The van der Waals surface area contributed by atoms with Gasteiger partial charge in [0.2, 0.25) is 0 Å². The number of rotatable bonds is 21. The van der Waals surface area contributed by atoms with Crippen LogP contribution in [0.2, 0.25) is 0 Å². The monoisotopic (exact) mass is 690 g/mol. The molecule has 0 fully saturated rings. The lowest BCUT2D eigenvalue weighted by Gasteiger charge is -2.38. The molecule has 0 radical (unpaired) electrons. The standard InChI is InChI=1S/C44H66O6/c1-31(2)24-41(35-12-16-38(45)17-13-35)44(7,8)21-20-32(3)25-40(43(4,5)6)34-14-18-39(19-15-34)49-22-23-50-42-36(29-47-10)26-33(28-46-9)27-37(42)30-48-11/h12-19,26-27,31-32,40-41,45H,20-25,28-30H2,1-11H3. The van der Waals surface area contributed by atoms with E-state index in [0.717, 1.165) is 47.5 Å². The van der Waals surface area contributed by atoms with E-state index in [9.17, 15) is 5.11 Å². The highest BCUT2D eigenvalue weighted by molar-refractivity contribution is 5.44. The topological polar surface area (TPSA) is 66.4 Å². The van der Waals surface area contributed by atoms with Gasteiger partial charge in [-0.05, 0) is 107 Å². The first-order valence-corrected chi connectivity index (χ1v) is 18.4. The SMILES string of the molecule is COCc1cc(COC)c(OCCOc2ccc(C(CC(C)CCC(C)(C)C(CC(C)C)c3ccc(O)cc3)C(C)(C)C)cc2)c(COC)c1. The van der Waals surface area contributed by atoms with E-state index >= 15 is 0 Å². The summed E-state index contributed by atoms with van der Waals surface area (Å²) in [6, 6.07) is 20.7. The van der Waals surface area contributed by atoms with Crippen molar-refractivity contribution in [2.24, 2.45) is 22.7 Å². The van der Waals surface area contributed by atoms with Gasteiger partial charge in [-0.1, -0.05) is 86.1 Å². The summed E-state index contributed by atoms with van der Waals surface area (Å²) in [5.74, 6) is 4.04. The first kappa shape index (κ1) is 41.4. The Morgan fingerprint density at radius 1 is 0.640 bits per heavy atom. The second-order valence-electron chi connectivity index (χ2n) is 16.4. The van der Waals surface area contributed by atoms with Gasteiger partial charge in [0.15, 0.2) is 0 Å². The lowest BCUT2D eigenvalue weighted by Crippen LogP contribution is -2.25. The number of hydrogen-bond donors (Lipinski definition) is 1. The molecule has 0 amide bonds. The number of aromatic hydroxyl groups is 1. The molecule has 3 aromatic rings. The fraction of sp³-hybridized carbons (Fsp3) is 0.591. The second-order valence-corrected chi connectivity index (χ2v) is 16.4. The molecular formula is C44H66O6. The number of ether oxygens (including phenoxy) is 5. The van der Waals surface area contributed by atoms with Gasteiger partial charge in [0.05, 0.1) is 19.8 Å². The van der Waals surface area contributed by atoms with Gasteiger partial charge >= 0.3 is 0 Å². The lowest BCUT2D eigenvalue weighted by molar-refractivity contribution is 0.161. The van der Waals surface area contributed by atoms with Crippen LogP contribution in [0, 0.1) is 22.7 Å². The molecule has 0 aliphatic rings. The van der Waals surface area contributed by atoms with Crippen LogP contribution in [0.3, 0.4) is 0 Å². The quantitative estimate of drug-likeness (QED) is 0.112. The third-order valence-electron chi connectivity index (χ3n) is 10.0. The Bertz CT molecular complexity index is 1380. The maximum absolute atomic E-state index is 9.89. The number of phenols is 1. The lowest BCUT2D eigenvalue weighted by atomic mass is 9.67. The highest BCUT2D eigenvalue weighted by Gasteiger charge is 2.33. The molecule has 3 unspecified atom stereocenters. The largest absolute Gasteiger partial charge is 0.508 e. The Labute approximate surface area is 303 Å². The molecule has 0 aliphatic carbocycles. The number of hydrogen-bond acceptors (Lipinski definition) is 6. The molecule has 0 aliphatic heterocycles. The Morgan fingerprint density at radius 2 is 1.16 bits per heavy atom. The summed E-state index contributed by atoms with van der Waals surface area (Å²) < 4.78 is 28.7. The van der Waals surface area contributed by atoms with Gasteiger partial charge in [-0.25, -0.2) is 0 Å². The van der Waals surface area contributed by atoms with E-state index in [0.29, 0.717) is 62.5 Å². The van der Waals surface area contributed by atoms with E-state index in [2.05, 4.69) is 104 Å². The van der Waals surface area contributed by atoms with E-state index in [1.54, 1.807) is 21.3 Å². The Balaban J connectivity index is 1.62. The van der Waals surface area contributed by atoms with Gasteiger partial charge < -0.3 is 28.8 Å². The van der Waals surface area contributed by atoms with Crippen LogP contribution in [0.15, 0.2) is 60.7 Å². The second kappa shape index (κ2) is 19.5. The van der Waals surface area contributed by atoms with Crippen LogP contribution in [-0.2, 0) is 34.0 Å². The Hall–Kier alpha value is -3.06. The molecule has 3 aromatic carbocycles. The predicted octanol–water partition coefficient (Wildman–Crippen LogP) is 11.1. The van der Waals surface area contributed by atoms with Gasteiger partial charge in [0.25, 0.3) is 0 Å². The zero-order valence-electron chi connectivity index (χ0n) is 32.9. The van der Waals surface area contributed by atoms with Crippen LogP contribution in [-0.4, -0.2) is 39.6 Å². The van der Waals surface area contributed by atoms with E-state index < -0.39 is 0 Å². The number of methoxy groups -OCH3 is 3. The van der Waals surface area contributed by atoms with Crippen molar-refractivity contribution in [2.75, 3.05) is 34.5 Å². The first-order valence-electron chi connectivity index (χ1n) is 18.4. The fourth-order valence-electron chi connectivity index (χ4n) is 7.27. The summed E-state index contributed by atoms with van der Waals surface area (Å²) in [4.78, 5) is 0. The molecule has 0 saturated heterocycles. The van der Waals surface area contributed by atoms with Crippen molar-refractivity contribution in [1.82, 2.24) is 0 Å². The average molecular weight is 691 g/mol. The van der Waals surface area contributed by atoms with Gasteiger partial charge in [-0.2, -0.15) is 0 Å². The molecule has 3 atom stereocenters. The third kappa shape index (κ3) is 12.6. The molecule has 0 spiro atoms. The fourth-order valence-corrected chi connectivity index (χ4v) is 7.27. The zero-order chi connectivity index (χ0) is 36.9. The molecule has 0 aromatic heterocycles. The normalized spacial score (nSPS) is 14.1. The highest BCUT2D eigenvalue weighted by Crippen LogP contribution is 2.46. The van der Waals surface area contributed by atoms with Crippen LogP contribution in [0.5, 0.6) is 17.2 Å². The molecule has 3 rings (SSSR count). The smallest absolute Gasteiger partial charge is 0.130 e. The van der Waals surface area contributed by atoms with E-state index in [-0.39, 0.29) is 10.8 Å². The van der Waals surface area contributed by atoms with Gasteiger partial charge in [0, 0.05) is 32.5 Å². The third-order valence-corrected chi connectivity index (χ3v) is 10.0. The molecule has 6 heteroatoms.